The van der Waals surface area contributed by atoms with Gasteiger partial charge in [0, 0.05) is 0 Å². The number of carbonyl (C=O) groups is 1. The summed E-state index contributed by atoms with van der Waals surface area (Å²) in [6.45, 7) is 0. The average molecular weight is 775 g/mol. The van der Waals surface area contributed by atoms with Gasteiger partial charge in [-0.3, -0.25) is 4.79 Å². The number of phenolic OH excluding ortho intramolecular Hbond substituents is 1. The topological polar surface area (TPSA) is 92.8 Å². The summed E-state index contributed by atoms with van der Waals surface area (Å²) in [4.78, 5) is 10.9. The molecule has 2 aromatic carbocycles. The van der Waals surface area contributed by atoms with Crippen LogP contribution in [0.4, 0.5) is 0 Å². The fraction of sp³-hybridized carbons (Fsp3) is 0.133. The Bertz CT molecular complexity index is 751. The molecule has 0 unspecified atom stereocenters. The molecule has 0 amide bonds. The molecule has 0 fully saturated rings. The van der Waals surface area contributed by atoms with Crippen molar-refractivity contribution in [3.05, 3.63) is 44.1 Å². The Morgan fingerprint density at radius 1 is 1.17 bits per heavy atom. The van der Waals surface area contributed by atoms with E-state index < -0.39 is 12.0 Å². The largest absolute Gasteiger partial charge is 0.506 e. The van der Waals surface area contributed by atoms with Crippen molar-refractivity contribution in [2.24, 2.45) is 5.73 Å². The molecule has 0 aliphatic carbocycles. The van der Waals surface area contributed by atoms with Crippen LogP contribution in [0.3, 0.4) is 0 Å². The van der Waals surface area contributed by atoms with Gasteiger partial charge in [0.1, 0.15) is 17.5 Å². The summed E-state index contributed by atoms with van der Waals surface area (Å²) in [6.07, 6.45) is 0.261. The summed E-state index contributed by atoms with van der Waals surface area (Å²) in [5, 5.41) is 18.8. The second-order valence-electron chi connectivity index (χ2n) is 4.88. The fourth-order valence-corrected chi connectivity index (χ4v) is 5.72. The third-order valence-electron chi connectivity index (χ3n) is 3.04. The van der Waals surface area contributed by atoms with E-state index in [4.69, 9.17) is 15.6 Å². The van der Waals surface area contributed by atoms with E-state index >= 15 is 0 Å². The summed E-state index contributed by atoms with van der Waals surface area (Å²) in [7, 11) is 0. The maximum Gasteiger partial charge on any atom is 0.320 e. The van der Waals surface area contributed by atoms with Gasteiger partial charge in [0.25, 0.3) is 0 Å². The molecule has 0 bridgehead atoms. The van der Waals surface area contributed by atoms with Crippen molar-refractivity contribution in [3.8, 4) is 17.2 Å². The molecule has 9 heteroatoms. The third kappa shape index (κ3) is 5.20. The van der Waals surface area contributed by atoms with Gasteiger partial charge in [-0.1, -0.05) is 0 Å². The molecule has 0 aliphatic rings. The van der Waals surface area contributed by atoms with Crippen LogP contribution in [-0.2, 0) is 11.2 Å². The fourth-order valence-electron chi connectivity index (χ4n) is 1.89. The average Bonchev–Trinajstić information content (AvgIpc) is 2.48. The number of aromatic hydroxyl groups is 1. The molecule has 0 heterocycles. The van der Waals surface area contributed by atoms with Gasteiger partial charge in [0.05, 0.1) is 14.3 Å². The highest BCUT2D eigenvalue weighted by molar-refractivity contribution is 14.1. The molecule has 0 aromatic heterocycles. The Kier molecular flexibility index (Phi) is 7.64. The zero-order chi connectivity index (χ0) is 18.0. The second kappa shape index (κ2) is 8.85. The standard InChI is InChI=1S/C15H11I4NO4/c16-8-4-7(5-9(17)13(8)21)24-14-10(18)1-6(2-11(14)19)3-12(20)15(22)23/h1-2,4-5,12,21H,3,20H2,(H,22,23)/t12-/m0/s1/i16-2. The molecule has 1 atom stereocenters. The molecule has 0 saturated heterocycles. The normalized spacial score (nSPS) is 12.0. The summed E-state index contributed by atoms with van der Waals surface area (Å²) in [5.41, 5.74) is 6.44. The van der Waals surface area contributed by atoms with Crippen LogP contribution in [0, 0.1) is 14.3 Å². The number of nitrogens with two attached hydrogens (primary N) is 1. The Morgan fingerprint density at radius 3 is 2.25 bits per heavy atom. The molecular formula is C15H11I4NO4. The number of aliphatic carboxylic acids is 1. The van der Waals surface area contributed by atoms with Crippen molar-refractivity contribution in [2.75, 3.05) is 0 Å². The first-order valence-electron chi connectivity index (χ1n) is 6.51. The number of hydrogen-bond donors (Lipinski definition) is 3. The lowest BCUT2D eigenvalue weighted by Gasteiger charge is -2.14. The number of hydrogen-bond acceptors (Lipinski definition) is 4. The van der Waals surface area contributed by atoms with E-state index in [9.17, 15) is 9.90 Å². The van der Waals surface area contributed by atoms with E-state index in [1.165, 1.54) is 0 Å². The van der Waals surface area contributed by atoms with Crippen LogP contribution < -0.4 is 10.5 Å². The molecule has 5 nitrogen and oxygen atoms in total. The molecule has 0 saturated carbocycles. The minimum absolute atomic E-state index is 0.242. The van der Waals surface area contributed by atoms with Crippen LogP contribution in [-0.4, -0.2) is 22.2 Å². The summed E-state index contributed by atoms with van der Waals surface area (Å²) in [6, 6.07) is 6.34. The first-order valence-corrected chi connectivity index (χ1v) is 10.8. The number of carboxylic acid groups (broad SMARTS) is 1. The van der Waals surface area contributed by atoms with E-state index in [1.54, 1.807) is 12.1 Å². The number of ether oxygens (including phenoxy) is 1. The Labute approximate surface area is 193 Å². The second-order valence-corrected chi connectivity index (χ2v) is 9.52. The van der Waals surface area contributed by atoms with Crippen molar-refractivity contribution in [3.63, 3.8) is 0 Å². The van der Waals surface area contributed by atoms with Crippen molar-refractivity contribution in [1.29, 1.82) is 0 Å². The molecule has 4 N–H and O–H groups in total. The van der Waals surface area contributed by atoms with Crippen molar-refractivity contribution < 1.29 is 19.7 Å². The lowest BCUT2D eigenvalue weighted by Crippen LogP contribution is -2.32. The van der Waals surface area contributed by atoms with Gasteiger partial charge in [0.15, 0.2) is 5.75 Å². The maximum atomic E-state index is 10.9. The molecular weight excluding hydrogens is 764 g/mol. The Morgan fingerprint density at radius 2 is 1.75 bits per heavy atom. The van der Waals surface area contributed by atoms with Crippen LogP contribution in [0.5, 0.6) is 17.2 Å². The van der Waals surface area contributed by atoms with Gasteiger partial charge in [0.2, 0.25) is 0 Å². The Balaban J connectivity index is 2.30. The monoisotopic (exact) mass is 775 g/mol. The van der Waals surface area contributed by atoms with Crippen molar-refractivity contribution >= 4 is 96.3 Å². The van der Waals surface area contributed by atoms with Gasteiger partial charge in [-0.25, -0.2) is 0 Å². The molecule has 24 heavy (non-hydrogen) atoms. The number of benzene rings is 2. The predicted molar refractivity (Wildman–Crippen MR) is 125 cm³/mol. The van der Waals surface area contributed by atoms with Crippen LogP contribution in [0.15, 0.2) is 24.3 Å². The number of halogens is 4. The molecule has 2 aromatic rings. The first kappa shape index (κ1) is 20.7. The van der Waals surface area contributed by atoms with E-state index in [1.807, 2.05) is 12.1 Å². The van der Waals surface area contributed by atoms with Gasteiger partial charge in [-0.05, 0) is 127 Å². The first-order chi connectivity index (χ1) is 11.2. The summed E-state index contributed by atoms with van der Waals surface area (Å²) < 4.78 is 9.14. The smallest absolute Gasteiger partial charge is 0.320 e. The molecule has 0 spiro atoms. The van der Waals surface area contributed by atoms with Crippen LogP contribution in [0.25, 0.3) is 0 Å². The van der Waals surface area contributed by atoms with E-state index in [-0.39, 0.29) is 12.2 Å². The number of rotatable bonds is 5. The van der Waals surface area contributed by atoms with Crippen LogP contribution in [0.1, 0.15) is 5.56 Å². The van der Waals surface area contributed by atoms with Crippen molar-refractivity contribution in [2.45, 2.75) is 12.5 Å². The SMILES string of the molecule is N[C@@H](Cc1cc(I)c(Oc2cc(I)c(O)c([125I])c2)c(I)c1)C(=O)O. The predicted octanol–water partition coefficient (Wildman–Crippen LogP) is 4.56. The quantitative estimate of drug-likeness (QED) is 0.388. The lowest BCUT2D eigenvalue weighted by atomic mass is 10.1. The molecule has 128 valence electrons. The number of phenols is 1. The molecule has 0 aliphatic heterocycles. The van der Waals surface area contributed by atoms with Crippen molar-refractivity contribution in [1.82, 2.24) is 0 Å². The summed E-state index contributed by atoms with van der Waals surface area (Å²) in [5.74, 6) is 0.549. The zero-order valence-electron chi connectivity index (χ0n) is 11.9. The summed E-state index contributed by atoms with van der Waals surface area (Å²) >= 11 is 8.42. The van der Waals surface area contributed by atoms with E-state index in [0.717, 1.165) is 12.7 Å². The minimum Gasteiger partial charge on any atom is -0.506 e. The van der Waals surface area contributed by atoms with Gasteiger partial charge < -0.3 is 20.7 Å². The highest BCUT2D eigenvalue weighted by Crippen LogP contribution is 2.36. The minimum atomic E-state index is -1.02. The van der Waals surface area contributed by atoms with Crippen LogP contribution in [0.2, 0.25) is 0 Å². The maximum absolute atomic E-state index is 10.9. The Hall–Kier alpha value is 0.390. The van der Waals surface area contributed by atoms with Gasteiger partial charge in [-0.2, -0.15) is 0 Å². The lowest BCUT2D eigenvalue weighted by molar-refractivity contribution is -0.138. The molecule has 2 rings (SSSR count). The third-order valence-corrected chi connectivity index (χ3v) is 6.29. The van der Waals surface area contributed by atoms with E-state index in [2.05, 4.69) is 90.4 Å². The highest BCUT2D eigenvalue weighted by Gasteiger charge is 2.16. The van der Waals surface area contributed by atoms with Gasteiger partial charge >= 0.3 is 5.97 Å². The highest BCUT2D eigenvalue weighted by atomic mass is 127. The van der Waals surface area contributed by atoms with E-state index in [0.29, 0.717) is 18.6 Å². The van der Waals surface area contributed by atoms with Gasteiger partial charge in [-0.15, -0.1) is 0 Å². The molecule has 0 radical (unpaired) electrons. The zero-order valence-corrected chi connectivity index (χ0v) is 20.5. The van der Waals surface area contributed by atoms with Crippen LogP contribution >= 0.6 is 90.4 Å². The number of carboxylic acids is 1.